The van der Waals surface area contributed by atoms with Gasteiger partial charge in [0.25, 0.3) is 0 Å². The number of hydrogen-bond acceptors (Lipinski definition) is 4. The number of hydroxylamine groups is 1. The molecule has 0 saturated carbocycles. The van der Waals surface area contributed by atoms with E-state index in [1.165, 1.54) is 0 Å². The maximum absolute atomic E-state index is 5.01. The van der Waals surface area contributed by atoms with Crippen LogP contribution in [0.1, 0.15) is 0 Å². The first-order valence-electron chi connectivity index (χ1n) is 4.25. The molecule has 0 aliphatic rings. The smallest absolute Gasteiger partial charge is 0.128 e. The van der Waals surface area contributed by atoms with Gasteiger partial charge in [-0.25, -0.2) is 10.5 Å². The second kappa shape index (κ2) is 5.50. The maximum Gasteiger partial charge on any atom is 0.128 e. The van der Waals surface area contributed by atoms with E-state index >= 15 is 0 Å². The van der Waals surface area contributed by atoms with Crippen molar-refractivity contribution in [1.82, 2.24) is 10.5 Å². The number of nitrogens with zero attached hydrogens (tertiary/aromatic N) is 2. The van der Waals surface area contributed by atoms with E-state index in [-0.39, 0.29) is 0 Å². The van der Waals surface area contributed by atoms with Crippen molar-refractivity contribution in [2.75, 3.05) is 32.1 Å². The Morgan fingerprint density at radius 1 is 1.54 bits per heavy atom. The summed E-state index contributed by atoms with van der Waals surface area (Å²) in [4.78, 5) is 11.3. The van der Waals surface area contributed by atoms with E-state index in [2.05, 4.69) is 10.5 Å². The fourth-order valence-electron chi connectivity index (χ4n) is 0.979. The second-order valence-corrected chi connectivity index (χ2v) is 2.66. The highest BCUT2D eigenvalue weighted by atomic mass is 16.6. The first-order valence-corrected chi connectivity index (χ1v) is 4.25. The van der Waals surface area contributed by atoms with Crippen molar-refractivity contribution < 1.29 is 4.84 Å². The largest absolute Gasteiger partial charge is 0.357 e. The minimum Gasteiger partial charge on any atom is -0.357 e. The highest BCUT2D eigenvalue weighted by Crippen LogP contribution is 2.05. The van der Waals surface area contributed by atoms with E-state index < -0.39 is 0 Å². The number of likely N-dealkylation sites (N-methyl/N-ethyl adjacent to an activating group) is 1. The van der Waals surface area contributed by atoms with Crippen LogP contribution in [0.25, 0.3) is 0 Å². The van der Waals surface area contributed by atoms with Crippen LogP contribution in [-0.4, -0.2) is 32.2 Å². The third kappa shape index (κ3) is 3.40. The molecule has 4 heteroatoms. The quantitative estimate of drug-likeness (QED) is 0.535. The van der Waals surface area contributed by atoms with Crippen molar-refractivity contribution >= 4 is 5.82 Å². The summed E-state index contributed by atoms with van der Waals surface area (Å²) in [5, 5.41) is 0. The Kier molecular flexibility index (Phi) is 4.21. The predicted molar refractivity (Wildman–Crippen MR) is 52.5 cm³/mol. The molecule has 0 radical (unpaired) electrons. The van der Waals surface area contributed by atoms with E-state index in [4.69, 9.17) is 4.84 Å². The zero-order valence-corrected chi connectivity index (χ0v) is 8.03. The summed E-state index contributed by atoms with van der Waals surface area (Å²) in [5.74, 6) is 0.960. The molecule has 0 bridgehead atoms. The van der Waals surface area contributed by atoms with E-state index in [1.807, 2.05) is 30.1 Å². The Labute approximate surface area is 78.5 Å². The molecule has 0 aliphatic carbocycles. The zero-order valence-electron chi connectivity index (χ0n) is 8.03. The third-order valence-corrected chi connectivity index (χ3v) is 1.71. The van der Waals surface area contributed by atoms with E-state index in [0.29, 0.717) is 6.61 Å². The van der Waals surface area contributed by atoms with E-state index in [9.17, 15) is 0 Å². The summed E-state index contributed by atoms with van der Waals surface area (Å²) in [7, 11) is 3.74. The van der Waals surface area contributed by atoms with Crippen molar-refractivity contribution in [1.29, 1.82) is 0 Å². The normalized spacial score (nSPS) is 10.0. The molecule has 13 heavy (non-hydrogen) atoms. The second-order valence-electron chi connectivity index (χ2n) is 2.66. The molecule has 72 valence electrons. The lowest BCUT2D eigenvalue weighted by Gasteiger charge is -2.17. The Hall–Kier alpha value is -1.13. The van der Waals surface area contributed by atoms with Crippen molar-refractivity contribution in [3.05, 3.63) is 24.4 Å². The molecule has 0 amide bonds. The lowest BCUT2D eigenvalue weighted by atomic mass is 10.4. The molecule has 4 nitrogen and oxygen atoms in total. The summed E-state index contributed by atoms with van der Waals surface area (Å²) < 4.78 is 0. The molecule has 1 N–H and O–H groups in total. The van der Waals surface area contributed by atoms with Gasteiger partial charge in [0, 0.05) is 26.8 Å². The van der Waals surface area contributed by atoms with Crippen molar-refractivity contribution in [3.63, 3.8) is 0 Å². The van der Waals surface area contributed by atoms with E-state index in [0.717, 1.165) is 12.4 Å². The van der Waals surface area contributed by atoms with Crippen molar-refractivity contribution in [2.24, 2.45) is 0 Å². The number of pyridine rings is 1. The van der Waals surface area contributed by atoms with Crippen LogP contribution in [0.2, 0.25) is 0 Å². The number of hydrogen-bond donors (Lipinski definition) is 1. The van der Waals surface area contributed by atoms with Gasteiger partial charge in [-0.1, -0.05) is 6.07 Å². The molecule has 0 unspecified atom stereocenters. The number of rotatable bonds is 5. The molecule has 0 fully saturated rings. The number of anilines is 1. The molecular formula is C9H15N3O. The monoisotopic (exact) mass is 181 g/mol. The summed E-state index contributed by atoms with van der Waals surface area (Å²) in [6, 6.07) is 5.85. The van der Waals surface area contributed by atoms with Gasteiger partial charge in [0.1, 0.15) is 5.82 Å². The fraction of sp³-hybridized carbons (Fsp3) is 0.444. The SMILES string of the molecule is CNOCCN(C)c1ccccn1. The van der Waals surface area contributed by atoms with Crippen LogP contribution in [0.4, 0.5) is 5.82 Å². The van der Waals surface area contributed by atoms with Gasteiger partial charge >= 0.3 is 0 Å². The lowest BCUT2D eigenvalue weighted by Crippen LogP contribution is -2.25. The van der Waals surface area contributed by atoms with Crippen molar-refractivity contribution in [3.8, 4) is 0 Å². The molecule has 1 heterocycles. The molecule has 1 aromatic heterocycles. The van der Waals surface area contributed by atoms with Gasteiger partial charge in [-0.2, -0.15) is 0 Å². The average Bonchev–Trinajstić information content (AvgIpc) is 2.19. The molecule has 1 aromatic rings. The van der Waals surface area contributed by atoms with Crippen LogP contribution in [0.3, 0.4) is 0 Å². The maximum atomic E-state index is 5.01. The number of aromatic nitrogens is 1. The number of nitrogens with one attached hydrogen (secondary N) is 1. The van der Waals surface area contributed by atoms with Crippen LogP contribution in [-0.2, 0) is 4.84 Å². The summed E-state index contributed by atoms with van der Waals surface area (Å²) in [6.45, 7) is 1.46. The first kappa shape index (κ1) is 9.95. The summed E-state index contributed by atoms with van der Waals surface area (Å²) >= 11 is 0. The van der Waals surface area contributed by atoms with Gasteiger partial charge in [-0.05, 0) is 12.1 Å². The Morgan fingerprint density at radius 3 is 3.00 bits per heavy atom. The lowest BCUT2D eigenvalue weighted by molar-refractivity contribution is 0.0635. The molecular weight excluding hydrogens is 166 g/mol. The standard InChI is InChI=1S/C9H15N3O/c1-10-13-8-7-12(2)9-5-3-4-6-11-9/h3-6,10H,7-8H2,1-2H3. The van der Waals surface area contributed by atoms with Crippen LogP contribution in [0.5, 0.6) is 0 Å². The van der Waals surface area contributed by atoms with Crippen LogP contribution < -0.4 is 10.4 Å². The molecule has 0 atom stereocenters. The summed E-state index contributed by atoms with van der Waals surface area (Å²) in [5.41, 5.74) is 2.63. The van der Waals surface area contributed by atoms with Gasteiger partial charge in [0.05, 0.1) is 6.61 Å². The van der Waals surface area contributed by atoms with Crippen LogP contribution in [0.15, 0.2) is 24.4 Å². The Morgan fingerprint density at radius 2 is 2.38 bits per heavy atom. The van der Waals surface area contributed by atoms with Gasteiger partial charge in [0.2, 0.25) is 0 Å². The minimum atomic E-state index is 0.642. The predicted octanol–water partition coefficient (Wildman–Crippen LogP) is 0.669. The van der Waals surface area contributed by atoms with Gasteiger partial charge in [0.15, 0.2) is 0 Å². The summed E-state index contributed by atoms with van der Waals surface area (Å²) in [6.07, 6.45) is 1.78. The van der Waals surface area contributed by atoms with Crippen molar-refractivity contribution in [2.45, 2.75) is 0 Å². The van der Waals surface area contributed by atoms with Gasteiger partial charge in [-0.15, -0.1) is 0 Å². The van der Waals surface area contributed by atoms with Crippen LogP contribution in [0, 0.1) is 0 Å². The zero-order chi connectivity index (χ0) is 9.52. The Balaban J connectivity index is 2.35. The molecule has 0 aliphatic heterocycles. The topological polar surface area (TPSA) is 37.4 Å². The highest BCUT2D eigenvalue weighted by molar-refractivity contribution is 5.36. The van der Waals surface area contributed by atoms with Crippen LogP contribution >= 0.6 is 0 Å². The van der Waals surface area contributed by atoms with Gasteiger partial charge in [-0.3, -0.25) is 0 Å². The highest BCUT2D eigenvalue weighted by Gasteiger charge is 1.99. The van der Waals surface area contributed by atoms with E-state index in [1.54, 1.807) is 13.2 Å². The molecule has 0 aromatic carbocycles. The Bertz CT molecular complexity index is 228. The average molecular weight is 181 g/mol. The van der Waals surface area contributed by atoms with Gasteiger partial charge < -0.3 is 9.74 Å². The third-order valence-electron chi connectivity index (χ3n) is 1.71. The molecule has 1 rings (SSSR count). The first-order chi connectivity index (χ1) is 6.34. The molecule has 0 saturated heterocycles. The molecule has 0 spiro atoms. The fourth-order valence-corrected chi connectivity index (χ4v) is 0.979. The minimum absolute atomic E-state index is 0.642.